The summed E-state index contributed by atoms with van der Waals surface area (Å²) in [6.45, 7) is 3.47. The molecule has 1 atom stereocenters. The van der Waals surface area contributed by atoms with Crippen LogP contribution >= 0.6 is 11.6 Å². The maximum Gasteiger partial charge on any atom is 0.287 e. The van der Waals surface area contributed by atoms with E-state index in [2.05, 4.69) is 10.4 Å². The van der Waals surface area contributed by atoms with Gasteiger partial charge in [-0.25, -0.2) is 4.68 Å². The van der Waals surface area contributed by atoms with Crippen LogP contribution in [0.2, 0.25) is 5.02 Å². The number of halogens is 1. The molecule has 0 aliphatic rings. The molecule has 1 aromatic heterocycles. The molecule has 0 radical (unpaired) electrons. The summed E-state index contributed by atoms with van der Waals surface area (Å²) >= 11 is 6.02. The van der Waals surface area contributed by atoms with Crippen molar-refractivity contribution in [1.82, 2.24) is 14.7 Å². The number of aliphatic hydroxyl groups is 1. The quantitative estimate of drug-likeness (QED) is 0.771. The Kier molecular flexibility index (Phi) is 6.27. The second kappa shape index (κ2) is 7.47. The summed E-state index contributed by atoms with van der Waals surface area (Å²) in [5.41, 5.74) is 0.207. The average Bonchev–Trinajstić information content (AvgIpc) is 2.33. The molecule has 0 fully saturated rings. The van der Waals surface area contributed by atoms with E-state index in [0.29, 0.717) is 25.2 Å². The predicted octanol–water partition coefficient (Wildman–Crippen LogP) is 0.641. The van der Waals surface area contributed by atoms with Gasteiger partial charge in [-0.05, 0) is 27.4 Å². The summed E-state index contributed by atoms with van der Waals surface area (Å²) in [5, 5.41) is 16.4. The zero-order valence-electron chi connectivity index (χ0n) is 11.6. The van der Waals surface area contributed by atoms with Crippen LogP contribution in [-0.2, 0) is 6.54 Å². The van der Waals surface area contributed by atoms with Crippen LogP contribution in [0.5, 0.6) is 0 Å². The highest BCUT2D eigenvalue weighted by Crippen LogP contribution is 2.15. The van der Waals surface area contributed by atoms with Gasteiger partial charge in [0.25, 0.3) is 5.56 Å². The molecule has 108 valence electrons. The molecule has 0 bridgehead atoms. The first-order chi connectivity index (χ1) is 8.91. The van der Waals surface area contributed by atoms with Crippen molar-refractivity contribution < 1.29 is 5.11 Å². The first kappa shape index (κ1) is 15.9. The summed E-state index contributed by atoms with van der Waals surface area (Å²) in [7, 11) is 3.86. The molecule has 0 saturated carbocycles. The van der Waals surface area contributed by atoms with E-state index in [1.165, 1.54) is 4.68 Å². The van der Waals surface area contributed by atoms with Gasteiger partial charge in [-0.1, -0.05) is 11.6 Å². The minimum Gasteiger partial charge on any atom is -0.393 e. The molecule has 0 aliphatic heterocycles. The number of anilines is 1. The Morgan fingerprint density at radius 2 is 2.26 bits per heavy atom. The molecule has 1 heterocycles. The Bertz CT molecular complexity index is 460. The van der Waals surface area contributed by atoms with Crippen LogP contribution in [0.25, 0.3) is 0 Å². The average molecular weight is 289 g/mol. The van der Waals surface area contributed by atoms with Crippen molar-refractivity contribution in [2.45, 2.75) is 26.0 Å². The normalized spacial score (nSPS) is 12.7. The predicted molar refractivity (Wildman–Crippen MR) is 76.8 cm³/mol. The number of likely N-dealkylation sites (N-methyl/N-ethyl adjacent to an activating group) is 1. The van der Waals surface area contributed by atoms with Crippen LogP contribution in [0, 0.1) is 0 Å². The fraction of sp³-hybridized carbons (Fsp3) is 0.667. The Hall–Kier alpha value is -1.11. The van der Waals surface area contributed by atoms with Gasteiger partial charge in [-0.15, -0.1) is 0 Å². The van der Waals surface area contributed by atoms with E-state index in [-0.39, 0.29) is 16.7 Å². The molecule has 0 aromatic carbocycles. The van der Waals surface area contributed by atoms with E-state index in [0.717, 1.165) is 6.54 Å². The number of nitrogens with one attached hydrogen (secondary N) is 1. The van der Waals surface area contributed by atoms with Gasteiger partial charge in [0.2, 0.25) is 0 Å². The lowest BCUT2D eigenvalue weighted by Gasteiger charge is -2.13. The second-order valence-corrected chi connectivity index (χ2v) is 5.15. The molecule has 0 spiro atoms. The van der Waals surface area contributed by atoms with E-state index in [9.17, 15) is 4.79 Å². The van der Waals surface area contributed by atoms with E-state index in [1.54, 1.807) is 13.1 Å². The van der Waals surface area contributed by atoms with Crippen LogP contribution < -0.4 is 10.9 Å². The van der Waals surface area contributed by atoms with Gasteiger partial charge in [0, 0.05) is 13.1 Å². The van der Waals surface area contributed by atoms with Crippen molar-refractivity contribution in [3.8, 4) is 0 Å². The maximum absolute atomic E-state index is 12.0. The van der Waals surface area contributed by atoms with Crippen molar-refractivity contribution in [3.05, 3.63) is 21.6 Å². The Labute approximate surface area is 118 Å². The number of nitrogens with zero attached hydrogens (tertiary/aromatic N) is 3. The molecular weight excluding hydrogens is 268 g/mol. The first-order valence-corrected chi connectivity index (χ1v) is 6.62. The smallest absolute Gasteiger partial charge is 0.287 e. The monoisotopic (exact) mass is 288 g/mol. The van der Waals surface area contributed by atoms with Crippen molar-refractivity contribution in [2.75, 3.05) is 32.5 Å². The summed E-state index contributed by atoms with van der Waals surface area (Å²) < 4.78 is 1.35. The summed E-state index contributed by atoms with van der Waals surface area (Å²) in [5.74, 6) is 0. The molecule has 0 aliphatic carbocycles. The topological polar surface area (TPSA) is 70.4 Å². The Balaban J connectivity index is 2.71. The number of hydrogen-bond donors (Lipinski definition) is 2. The van der Waals surface area contributed by atoms with Crippen molar-refractivity contribution >= 4 is 17.3 Å². The molecule has 19 heavy (non-hydrogen) atoms. The number of rotatable bonds is 7. The lowest BCUT2D eigenvalue weighted by atomic mass is 10.3. The zero-order valence-corrected chi connectivity index (χ0v) is 12.3. The lowest BCUT2D eigenvalue weighted by Crippen LogP contribution is -2.29. The van der Waals surface area contributed by atoms with Crippen molar-refractivity contribution in [2.24, 2.45) is 0 Å². The third-order valence-corrected chi connectivity index (χ3v) is 2.99. The highest BCUT2D eigenvalue weighted by Gasteiger charge is 2.09. The molecule has 6 nitrogen and oxygen atoms in total. The molecular formula is C12H21ClN4O2. The first-order valence-electron chi connectivity index (χ1n) is 6.24. The van der Waals surface area contributed by atoms with E-state index in [1.807, 2.05) is 19.0 Å². The van der Waals surface area contributed by atoms with Gasteiger partial charge in [-0.2, -0.15) is 5.10 Å². The zero-order chi connectivity index (χ0) is 14.4. The number of hydrogen-bond acceptors (Lipinski definition) is 5. The van der Waals surface area contributed by atoms with Crippen LogP contribution in [-0.4, -0.2) is 53.1 Å². The Morgan fingerprint density at radius 3 is 2.84 bits per heavy atom. The Morgan fingerprint density at radius 1 is 1.58 bits per heavy atom. The SMILES string of the molecule is CC(O)CCNc1cnn(CCN(C)C)c(=O)c1Cl. The largest absolute Gasteiger partial charge is 0.393 e. The summed E-state index contributed by atoms with van der Waals surface area (Å²) in [4.78, 5) is 13.9. The second-order valence-electron chi connectivity index (χ2n) is 4.77. The molecule has 0 saturated heterocycles. The standard InChI is InChI=1S/C12H21ClN4O2/c1-9(18)4-5-14-10-8-15-17(7-6-16(2)3)12(19)11(10)13/h8-9,14,18H,4-7H2,1-3H3. The molecule has 0 amide bonds. The van der Waals surface area contributed by atoms with Crippen molar-refractivity contribution in [1.29, 1.82) is 0 Å². The third-order valence-electron chi connectivity index (χ3n) is 2.62. The van der Waals surface area contributed by atoms with Gasteiger partial charge >= 0.3 is 0 Å². The minimum atomic E-state index is -0.389. The van der Waals surface area contributed by atoms with Gasteiger partial charge < -0.3 is 15.3 Å². The molecule has 1 rings (SSSR count). The van der Waals surface area contributed by atoms with Crippen LogP contribution in [0.1, 0.15) is 13.3 Å². The van der Waals surface area contributed by atoms with Gasteiger partial charge in [0.1, 0.15) is 5.02 Å². The van der Waals surface area contributed by atoms with Gasteiger partial charge in [0.15, 0.2) is 0 Å². The lowest BCUT2D eigenvalue weighted by molar-refractivity contribution is 0.189. The van der Waals surface area contributed by atoms with Gasteiger partial charge in [-0.3, -0.25) is 4.79 Å². The molecule has 1 aromatic rings. The van der Waals surface area contributed by atoms with Crippen molar-refractivity contribution in [3.63, 3.8) is 0 Å². The third kappa shape index (κ3) is 5.18. The number of aromatic nitrogens is 2. The maximum atomic E-state index is 12.0. The number of aliphatic hydroxyl groups excluding tert-OH is 1. The van der Waals surface area contributed by atoms with Gasteiger partial charge in [0.05, 0.1) is 24.5 Å². The fourth-order valence-corrected chi connectivity index (χ4v) is 1.67. The molecule has 7 heteroatoms. The van der Waals surface area contributed by atoms with E-state index in [4.69, 9.17) is 16.7 Å². The minimum absolute atomic E-state index is 0.138. The summed E-state index contributed by atoms with van der Waals surface area (Å²) in [6.07, 6.45) is 1.74. The van der Waals surface area contributed by atoms with E-state index >= 15 is 0 Å². The van der Waals surface area contributed by atoms with Crippen LogP contribution in [0.4, 0.5) is 5.69 Å². The fourth-order valence-electron chi connectivity index (χ4n) is 1.46. The van der Waals surface area contributed by atoms with Crippen LogP contribution in [0.15, 0.2) is 11.0 Å². The summed E-state index contributed by atoms with van der Waals surface area (Å²) in [6, 6.07) is 0. The highest BCUT2D eigenvalue weighted by atomic mass is 35.5. The van der Waals surface area contributed by atoms with E-state index < -0.39 is 0 Å². The highest BCUT2D eigenvalue weighted by molar-refractivity contribution is 6.32. The van der Waals surface area contributed by atoms with Crippen LogP contribution in [0.3, 0.4) is 0 Å². The molecule has 1 unspecified atom stereocenters. The molecule has 2 N–H and O–H groups in total.